The molecule has 1 atom stereocenters. The lowest BCUT2D eigenvalue weighted by Crippen LogP contribution is -2.45. The monoisotopic (exact) mass is 291 g/mol. The third-order valence-corrected chi connectivity index (χ3v) is 4.21. The van der Waals surface area contributed by atoms with Crippen LogP contribution in [0.3, 0.4) is 0 Å². The van der Waals surface area contributed by atoms with Crippen molar-refractivity contribution in [2.45, 2.75) is 18.9 Å². The van der Waals surface area contributed by atoms with Gasteiger partial charge in [-0.05, 0) is 19.4 Å². The maximum absolute atomic E-state index is 12.1. The first-order chi connectivity index (χ1) is 9.72. The summed E-state index contributed by atoms with van der Waals surface area (Å²) in [6.07, 6.45) is 5.78. The number of hydrogen-bond acceptors (Lipinski definition) is 5. The fourth-order valence-electron chi connectivity index (χ4n) is 2.28. The minimum atomic E-state index is -0.0925. The van der Waals surface area contributed by atoms with Crippen LogP contribution in [0.2, 0.25) is 0 Å². The molecule has 1 aliphatic rings. The van der Waals surface area contributed by atoms with Crippen molar-refractivity contribution in [2.75, 3.05) is 13.1 Å². The minimum Gasteiger partial charge on any atom is -0.347 e. The molecule has 0 saturated carbocycles. The maximum Gasteiger partial charge on any atom is 0.271 e. The highest BCUT2D eigenvalue weighted by Gasteiger charge is 2.18. The lowest BCUT2D eigenvalue weighted by atomic mass is 10.1. The predicted molar refractivity (Wildman–Crippen MR) is 77.7 cm³/mol. The summed E-state index contributed by atoms with van der Waals surface area (Å²) in [7, 11) is 1.86. The zero-order valence-electron chi connectivity index (χ0n) is 11.3. The molecule has 0 spiro atoms. The zero-order valence-corrected chi connectivity index (χ0v) is 12.1. The molecule has 1 aliphatic heterocycles. The maximum atomic E-state index is 12.1. The molecule has 2 aromatic heterocycles. The molecule has 0 aromatic carbocycles. The minimum absolute atomic E-state index is 0.0925. The van der Waals surface area contributed by atoms with E-state index in [9.17, 15) is 4.79 Å². The van der Waals surface area contributed by atoms with Crippen LogP contribution in [0.15, 0.2) is 17.8 Å². The molecule has 3 rings (SSSR count). The number of amides is 1. The van der Waals surface area contributed by atoms with Crippen molar-refractivity contribution in [2.24, 2.45) is 7.05 Å². The SMILES string of the molecule is Cn1cc(-c2nc(C(=O)N[C@H]3CCCNC3)cs2)cn1. The van der Waals surface area contributed by atoms with Gasteiger partial charge in [-0.2, -0.15) is 5.10 Å². The molecule has 7 heteroatoms. The molecular formula is C13H17N5OS. The van der Waals surface area contributed by atoms with E-state index in [2.05, 4.69) is 20.7 Å². The number of thiazole rings is 1. The largest absolute Gasteiger partial charge is 0.347 e. The summed E-state index contributed by atoms with van der Waals surface area (Å²) in [5.74, 6) is -0.0925. The molecule has 0 aliphatic carbocycles. The van der Waals surface area contributed by atoms with Gasteiger partial charge < -0.3 is 10.6 Å². The number of nitrogens with one attached hydrogen (secondary N) is 2. The van der Waals surface area contributed by atoms with Gasteiger partial charge >= 0.3 is 0 Å². The standard InChI is InChI=1S/C13H17N5OS/c1-18-7-9(5-15-18)13-17-11(8-20-13)12(19)16-10-3-2-4-14-6-10/h5,7-8,10,14H,2-4,6H2,1H3,(H,16,19)/t10-/m0/s1. The third kappa shape index (κ3) is 2.88. The Morgan fingerprint density at radius 1 is 1.60 bits per heavy atom. The zero-order chi connectivity index (χ0) is 13.9. The van der Waals surface area contributed by atoms with Crippen LogP contribution >= 0.6 is 11.3 Å². The molecule has 0 radical (unpaired) electrons. The summed E-state index contributed by atoms with van der Waals surface area (Å²) in [6.45, 7) is 1.87. The van der Waals surface area contributed by atoms with Gasteiger partial charge in [0.25, 0.3) is 5.91 Å². The summed E-state index contributed by atoms with van der Waals surface area (Å²) >= 11 is 1.47. The van der Waals surface area contributed by atoms with Crippen molar-refractivity contribution >= 4 is 17.2 Å². The van der Waals surface area contributed by atoms with E-state index < -0.39 is 0 Å². The quantitative estimate of drug-likeness (QED) is 0.886. The molecular weight excluding hydrogens is 274 g/mol. The lowest BCUT2D eigenvalue weighted by molar-refractivity contribution is 0.0926. The average Bonchev–Trinajstić information content (AvgIpc) is 3.08. The van der Waals surface area contributed by atoms with Gasteiger partial charge in [-0.1, -0.05) is 0 Å². The van der Waals surface area contributed by atoms with Crippen molar-refractivity contribution in [3.8, 4) is 10.6 Å². The third-order valence-electron chi connectivity index (χ3n) is 3.32. The van der Waals surface area contributed by atoms with E-state index in [1.807, 2.05) is 13.2 Å². The van der Waals surface area contributed by atoms with Gasteiger partial charge in [-0.3, -0.25) is 9.48 Å². The number of rotatable bonds is 3. The number of hydrogen-bond donors (Lipinski definition) is 2. The second-order valence-electron chi connectivity index (χ2n) is 4.96. The van der Waals surface area contributed by atoms with Gasteiger partial charge in [0.1, 0.15) is 10.7 Å². The van der Waals surface area contributed by atoms with Gasteiger partial charge in [-0.25, -0.2) is 4.98 Å². The van der Waals surface area contributed by atoms with E-state index in [0.29, 0.717) is 5.69 Å². The molecule has 2 aromatic rings. The van der Waals surface area contributed by atoms with Crippen molar-refractivity contribution in [3.63, 3.8) is 0 Å². The second kappa shape index (κ2) is 5.72. The Morgan fingerprint density at radius 2 is 2.50 bits per heavy atom. The first-order valence-electron chi connectivity index (χ1n) is 6.68. The van der Waals surface area contributed by atoms with Crippen LogP contribution in [0.25, 0.3) is 10.6 Å². The average molecular weight is 291 g/mol. The van der Waals surface area contributed by atoms with E-state index in [-0.39, 0.29) is 11.9 Å². The Kier molecular flexibility index (Phi) is 3.79. The van der Waals surface area contributed by atoms with Crippen LogP contribution in [-0.4, -0.2) is 39.8 Å². The van der Waals surface area contributed by atoms with Crippen molar-refractivity contribution < 1.29 is 4.79 Å². The predicted octanol–water partition coefficient (Wildman–Crippen LogP) is 1.03. The van der Waals surface area contributed by atoms with Gasteiger partial charge in [0.15, 0.2) is 0 Å². The summed E-state index contributed by atoms with van der Waals surface area (Å²) in [4.78, 5) is 16.5. The van der Waals surface area contributed by atoms with E-state index in [1.165, 1.54) is 11.3 Å². The Balaban J connectivity index is 1.68. The van der Waals surface area contributed by atoms with E-state index in [1.54, 1.807) is 16.3 Å². The molecule has 3 heterocycles. The summed E-state index contributed by atoms with van der Waals surface area (Å²) in [5.41, 5.74) is 1.43. The molecule has 2 N–H and O–H groups in total. The number of aromatic nitrogens is 3. The number of aryl methyl sites for hydroxylation is 1. The van der Waals surface area contributed by atoms with Crippen LogP contribution < -0.4 is 10.6 Å². The Labute approximate surface area is 121 Å². The summed E-state index contributed by atoms with van der Waals surface area (Å²) in [6, 6.07) is 0.208. The molecule has 6 nitrogen and oxygen atoms in total. The Morgan fingerprint density at radius 3 is 3.20 bits per heavy atom. The van der Waals surface area contributed by atoms with Gasteiger partial charge in [0.05, 0.1) is 6.20 Å². The highest BCUT2D eigenvalue weighted by atomic mass is 32.1. The molecule has 1 saturated heterocycles. The van der Waals surface area contributed by atoms with E-state index in [4.69, 9.17) is 0 Å². The van der Waals surface area contributed by atoms with Crippen molar-refractivity contribution in [3.05, 3.63) is 23.5 Å². The smallest absolute Gasteiger partial charge is 0.271 e. The number of nitrogens with zero attached hydrogens (tertiary/aromatic N) is 3. The van der Waals surface area contributed by atoms with Gasteiger partial charge in [0.2, 0.25) is 0 Å². The van der Waals surface area contributed by atoms with Gasteiger partial charge in [-0.15, -0.1) is 11.3 Å². The van der Waals surface area contributed by atoms with Crippen LogP contribution in [0, 0.1) is 0 Å². The summed E-state index contributed by atoms with van der Waals surface area (Å²) in [5, 5.41) is 13.0. The second-order valence-corrected chi connectivity index (χ2v) is 5.82. The van der Waals surface area contributed by atoms with Crippen molar-refractivity contribution in [1.29, 1.82) is 0 Å². The normalized spacial score (nSPS) is 18.9. The van der Waals surface area contributed by atoms with Gasteiger partial charge in [0, 0.05) is 36.8 Å². The first-order valence-corrected chi connectivity index (χ1v) is 7.56. The molecule has 0 unspecified atom stereocenters. The van der Waals surface area contributed by atoms with Crippen LogP contribution in [0.5, 0.6) is 0 Å². The van der Waals surface area contributed by atoms with E-state index in [0.717, 1.165) is 36.5 Å². The topological polar surface area (TPSA) is 71.8 Å². The summed E-state index contributed by atoms with van der Waals surface area (Å²) < 4.78 is 1.73. The molecule has 20 heavy (non-hydrogen) atoms. The Hall–Kier alpha value is -1.73. The molecule has 106 valence electrons. The highest BCUT2D eigenvalue weighted by molar-refractivity contribution is 7.13. The fourth-order valence-corrected chi connectivity index (χ4v) is 3.05. The lowest BCUT2D eigenvalue weighted by Gasteiger charge is -2.23. The van der Waals surface area contributed by atoms with E-state index >= 15 is 0 Å². The Bertz CT molecular complexity index is 599. The first kappa shape index (κ1) is 13.3. The molecule has 1 fully saturated rings. The highest BCUT2D eigenvalue weighted by Crippen LogP contribution is 2.22. The number of carbonyl (C=O) groups excluding carboxylic acids is 1. The fraction of sp³-hybridized carbons (Fsp3) is 0.462. The molecule has 1 amide bonds. The number of piperidine rings is 1. The van der Waals surface area contributed by atoms with Crippen LogP contribution in [0.1, 0.15) is 23.3 Å². The van der Waals surface area contributed by atoms with Crippen LogP contribution in [0.4, 0.5) is 0 Å². The number of carbonyl (C=O) groups is 1. The van der Waals surface area contributed by atoms with Crippen LogP contribution in [-0.2, 0) is 7.05 Å². The molecule has 0 bridgehead atoms. The van der Waals surface area contributed by atoms with Crippen molar-refractivity contribution in [1.82, 2.24) is 25.4 Å².